The number of rotatable bonds is 6. The van der Waals surface area contributed by atoms with Crippen LogP contribution in [0.4, 0.5) is 4.79 Å². The molecule has 142 valence electrons. The maximum atomic E-state index is 12.5. The van der Waals surface area contributed by atoms with Crippen LogP contribution in [0.3, 0.4) is 0 Å². The first kappa shape index (κ1) is 19.4. The molecule has 0 aliphatic carbocycles. The van der Waals surface area contributed by atoms with Crippen LogP contribution in [-0.2, 0) is 9.53 Å². The van der Waals surface area contributed by atoms with Gasteiger partial charge in [0.15, 0.2) is 11.5 Å². The molecule has 0 saturated heterocycles. The first-order chi connectivity index (χ1) is 12.4. The Labute approximate surface area is 152 Å². The Morgan fingerprint density at radius 1 is 1.15 bits per heavy atom. The molecule has 1 N–H and O–H groups in total. The highest BCUT2D eigenvalue weighted by atomic mass is 16.5. The van der Waals surface area contributed by atoms with Crippen LogP contribution in [0.5, 0.6) is 17.2 Å². The molecule has 8 nitrogen and oxygen atoms in total. The molecular formula is C18H24N2O6. The number of nitrogens with zero attached hydrogens (tertiary/aromatic N) is 1. The molecule has 0 fully saturated rings. The molecule has 1 heterocycles. The van der Waals surface area contributed by atoms with Gasteiger partial charge in [0, 0.05) is 12.7 Å². The van der Waals surface area contributed by atoms with E-state index in [0.29, 0.717) is 34.1 Å². The van der Waals surface area contributed by atoms with E-state index in [1.165, 1.54) is 26.2 Å². The minimum absolute atomic E-state index is 0.231. The Kier molecular flexibility index (Phi) is 5.97. The highest BCUT2D eigenvalue weighted by Gasteiger charge is 2.36. The summed E-state index contributed by atoms with van der Waals surface area (Å²) >= 11 is 0. The lowest BCUT2D eigenvalue weighted by atomic mass is 9.94. The van der Waals surface area contributed by atoms with Crippen molar-refractivity contribution in [3.8, 4) is 17.2 Å². The molecule has 1 aromatic rings. The lowest BCUT2D eigenvalue weighted by molar-refractivity contribution is -0.139. The van der Waals surface area contributed by atoms with Crippen molar-refractivity contribution in [1.29, 1.82) is 0 Å². The normalized spacial score (nSPS) is 16.9. The van der Waals surface area contributed by atoms with Crippen LogP contribution in [0.1, 0.15) is 25.5 Å². The van der Waals surface area contributed by atoms with Crippen molar-refractivity contribution in [2.24, 2.45) is 0 Å². The van der Waals surface area contributed by atoms with E-state index >= 15 is 0 Å². The summed E-state index contributed by atoms with van der Waals surface area (Å²) in [4.78, 5) is 26.2. The number of urea groups is 1. The molecule has 8 heteroatoms. The van der Waals surface area contributed by atoms with E-state index in [2.05, 4.69) is 5.32 Å². The van der Waals surface area contributed by atoms with Crippen molar-refractivity contribution in [3.05, 3.63) is 29.0 Å². The number of amides is 2. The van der Waals surface area contributed by atoms with Crippen molar-refractivity contribution in [2.45, 2.75) is 19.9 Å². The fourth-order valence-corrected chi connectivity index (χ4v) is 2.83. The quantitative estimate of drug-likeness (QED) is 0.779. The van der Waals surface area contributed by atoms with E-state index in [4.69, 9.17) is 18.9 Å². The van der Waals surface area contributed by atoms with Crippen LogP contribution in [0.25, 0.3) is 0 Å². The van der Waals surface area contributed by atoms with Gasteiger partial charge in [-0.1, -0.05) is 0 Å². The molecule has 0 saturated carbocycles. The molecular weight excluding hydrogens is 340 g/mol. The van der Waals surface area contributed by atoms with Gasteiger partial charge in [-0.05, 0) is 31.5 Å². The third kappa shape index (κ3) is 3.40. The summed E-state index contributed by atoms with van der Waals surface area (Å²) in [6.07, 6.45) is 0. The van der Waals surface area contributed by atoms with Crippen LogP contribution >= 0.6 is 0 Å². The molecule has 0 radical (unpaired) electrons. The molecule has 2 amide bonds. The standard InChI is InChI=1S/C18H24N2O6/c1-7-26-17(21)14-10(2)20(3)18(22)19-15(14)11-8-12(23-4)16(25-6)13(9-11)24-5/h8-9,15H,7H2,1-6H3,(H,19,22)/t15-/m0/s1. The Bertz CT molecular complexity index is 718. The summed E-state index contributed by atoms with van der Waals surface area (Å²) in [7, 11) is 6.10. The number of allylic oxidation sites excluding steroid dienone is 1. The number of nitrogens with one attached hydrogen (secondary N) is 1. The average Bonchev–Trinajstić information content (AvgIpc) is 2.64. The molecule has 1 aliphatic rings. The van der Waals surface area contributed by atoms with Crippen LogP contribution in [-0.4, -0.2) is 51.9 Å². The Morgan fingerprint density at radius 3 is 2.19 bits per heavy atom. The van der Waals surface area contributed by atoms with Crippen molar-refractivity contribution in [1.82, 2.24) is 10.2 Å². The second-order valence-electron chi connectivity index (χ2n) is 5.62. The molecule has 2 rings (SSSR count). The largest absolute Gasteiger partial charge is 0.493 e. The second kappa shape index (κ2) is 7.99. The summed E-state index contributed by atoms with van der Waals surface area (Å²) in [5.41, 5.74) is 1.48. The summed E-state index contributed by atoms with van der Waals surface area (Å²) < 4.78 is 21.2. The van der Waals surface area contributed by atoms with Crippen molar-refractivity contribution in [2.75, 3.05) is 35.0 Å². The number of carbonyl (C=O) groups is 2. The Morgan fingerprint density at radius 2 is 1.73 bits per heavy atom. The number of esters is 1. The van der Waals surface area contributed by atoms with Gasteiger partial charge in [-0.25, -0.2) is 9.59 Å². The number of benzene rings is 1. The van der Waals surface area contributed by atoms with Gasteiger partial charge >= 0.3 is 12.0 Å². The summed E-state index contributed by atoms with van der Waals surface area (Å²) in [5.74, 6) is 0.791. The van der Waals surface area contributed by atoms with Gasteiger partial charge in [-0.2, -0.15) is 0 Å². The Hall–Kier alpha value is -2.90. The van der Waals surface area contributed by atoms with E-state index in [1.807, 2.05) is 0 Å². The van der Waals surface area contributed by atoms with E-state index < -0.39 is 12.0 Å². The van der Waals surface area contributed by atoms with Crippen molar-refractivity contribution in [3.63, 3.8) is 0 Å². The highest BCUT2D eigenvalue weighted by Crippen LogP contribution is 2.42. The fraction of sp³-hybridized carbons (Fsp3) is 0.444. The molecule has 0 aromatic heterocycles. The smallest absolute Gasteiger partial charge is 0.338 e. The number of ether oxygens (including phenoxy) is 4. The summed E-state index contributed by atoms with van der Waals surface area (Å²) in [6, 6.07) is 2.37. The van der Waals surface area contributed by atoms with Crippen LogP contribution in [0, 0.1) is 0 Å². The Balaban J connectivity index is 2.64. The van der Waals surface area contributed by atoms with E-state index in [-0.39, 0.29) is 12.6 Å². The lowest BCUT2D eigenvalue weighted by Crippen LogP contribution is -2.46. The topological polar surface area (TPSA) is 86.3 Å². The maximum Gasteiger partial charge on any atom is 0.338 e. The zero-order chi connectivity index (χ0) is 19.4. The number of methoxy groups -OCH3 is 3. The summed E-state index contributed by atoms with van der Waals surface area (Å²) in [6.45, 7) is 3.67. The average molecular weight is 364 g/mol. The van der Waals surface area contributed by atoms with Crippen LogP contribution < -0.4 is 19.5 Å². The van der Waals surface area contributed by atoms with E-state index in [1.54, 1.807) is 33.0 Å². The molecule has 1 atom stereocenters. The van der Waals surface area contributed by atoms with Crippen molar-refractivity contribution < 1.29 is 28.5 Å². The second-order valence-corrected chi connectivity index (χ2v) is 5.62. The molecule has 0 spiro atoms. The fourth-order valence-electron chi connectivity index (χ4n) is 2.83. The van der Waals surface area contributed by atoms with Gasteiger partial charge in [0.05, 0.1) is 39.6 Å². The van der Waals surface area contributed by atoms with Crippen LogP contribution in [0.15, 0.2) is 23.4 Å². The van der Waals surface area contributed by atoms with Crippen LogP contribution in [0.2, 0.25) is 0 Å². The van der Waals surface area contributed by atoms with Gasteiger partial charge in [0.2, 0.25) is 5.75 Å². The van der Waals surface area contributed by atoms with E-state index in [0.717, 1.165) is 0 Å². The third-order valence-electron chi connectivity index (χ3n) is 4.27. The maximum absolute atomic E-state index is 12.5. The predicted octanol–water partition coefficient (Wildman–Crippen LogP) is 2.25. The van der Waals surface area contributed by atoms with Gasteiger partial charge in [-0.3, -0.25) is 0 Å². The SMILES string of the molecule is CCOC(=O)C1=C(C)N(C)C(=O)N[C@H]1c1cc(OC)c(OC)c(OC)c1. The third-order valence-corrected chi connectivity index (χ3v) is 4.27. The molecule has 0 bridgehead atoms. The zero-order valence-electron chi connectivity index (χ0n) is 15.8. The minimum Gasteiger partial charge on any atom is -0.493 e. The highest BCUT2D eigenvalue weighted by molar-refractivity contribution is 5.95. The number of carbonyl (C=O) groups excluding carboxylic acids is 2. The first-order valence-corrected chi connectivity index (χ1v) is 8.11. The van der Waals surface area contributed by atoms with E-state index in [9.17, 15) is 9.59 Å². The van der Waals surface area contributed by atoms with Gasteiger partial charge in [-0.15, -0.1) is 0 Å². The molecule has 1 aromatic carbocycles. The van der Waals surface area contributed by atoms with Crippen molar-refractivity contribution >= 4 is 12.0 Å². The summed E-state index contributed by atoms with van der Waals surface area (Å²) in [5, 5.41) is 2.82. The minimum atomic E-state index is -0.702. The molecule has 0 unspecified atom stereocenters. The monoisotopic (exact) mass is 364 g/mol. The van der Waals surface area contributed by atoms with Gasteiger partial charge in [0.25, 0.3) is 0 Å². The number of hydrogen-bond acceptors (Lipinski definition) is 6. The van der Waals surface area contributed by atoms with Gasteiger partial charge in [0.1, 0.15) is 0 Å². The molecule has 26 heavy (non-hydrogen) atoms. The number of hydrogen-bond donors (Lipinski definition) is 1. The van der Waals surface area contributed by atoms with Gasteiger partial charge < -0.3 is 29.2 Å². The zero-order valence-corrected chi connectivity index (χ0v) is 15.8. The lowest BCUT2D eigenvalue weighted by Gasteiger charge is -2.33. The predicted molar refractivity (Wildman–Crippen MR) is 94.5 cm³/mol. The molecule has 1 aliphatic heterocycles. The first-order valence-electron chi connectivity index (χ1n) is 8.11.